The number of amides is 2. The van der Waals surface area contributed by atoms with E-state index in [4.69, 9.17) is 10.5 Å². The maximum atomic E-state index is 11.3. The summed E-state index contributed by atoms with van der Waals surface area (Å²) in [7, 11) is 3.56. The van der Waals surface area contributed by atoms with E-state index in [0.717, 1.165) is 5.56 Å². The highest BCUT2D eigenvalue weighted by Gasteiger charge is 2.17. The van der Waals surface area contributed by atoms with E-state index < -0.39 is 5.91 Å². The monoisotopic (exact) mass is 462 g/mol. The molecule has 0 bridgehead atoms. The smallest absolute Gasteiger partial charge is 0.267 e. The predicted octanol–water partition coefficient (Wildman–Crippen LogP) is 3.68. The topological polar surface area (TPSA) is 123 Å². The Balaban J connectivity index is 0.000000248. The van der Waals surface area contributed by atoms with Gasteiger partial charge in [-0.1, -0.05) is 24.3 Å². The summed E-state index contributed by atoms with van der Waals surface area (Å²) in [5.41, 5.74) is 7.60. The molecule has 8 heteroatoms. The molecule has 2 aromatic carbocycles. The Hall–Kier alpha value is -4.04. The van der Waals surface area contributed by atoms with E-state index in [0.29, 0.717) is 22.6 Å². The number of primary amides is 1. The number of ether oxygens (including phenoxy) is 1. The molecule has 0 unspecified atom stereocenters. The minimum absolute atomic E-state index is 0.0435. The Morgan fingerprint density at radius 1 is 0.912 bits per heavy atom. The average Bonchev–Trinajstić information content (AvgIpc) is 2.84. The number of pyridine rings is 1. The molecule has 0 aliphatic carbocycles. The summed E-state index contributed by atoms with van der Waals surface area (Å²) in [4.78, 5) is 37.4. The lowest BCUT2D eigenvalue weighted by Crippen LogP contribution is -2.33. The molecular formula is C26H30N4O4. The number of nitrogens with one attached hydrogen (secondary N) is 2. The Bertz CT molecular complexity index is 1100. The van der Waals surface area contributed by atoms with E-state index in [1.54, 1.807) is 37.4 Å². The SMILES string of the molecule is CC(=O)c1cccc(Oc2ccnc(C(N)=O)c2)c1.CNC(=O)c1ccc(C(C)(C)NC)cc1. The van der Waals surface area contributed by atoms with Crippen LogP contribution in [0.4, 0.5) is 0 Å². The third-order valence-corrected chi connectivity index (χ3v) is 5.18. The Kier molecular flexibility index (Phi) is 9.03. The van der Waals surface area contributed by atoms with Gasteiger partial charge in [-0.15, -0.1) is 0 Å². The van der Waals surface area contributed by atoms with Gasteiger partial charge >= 0.3 is 0 Å². The van der Waals surface area contributed by atoms with Crippen LogP contribution in [0.1, 0.15) is 57.5 Å². The number of ketones is 1. The van der Waals surface area contributed by atoms with Crippen LogP contribution < -0.4 is 21.1 Å². The van der Waals surface area contributed by atoms with Crippen LogP contribution in [0.5, 0.6) is 11.5 Å². The van der Waals surface area contributed by atoms with Gasteiger partial charge in [-0.25, -0.2) is 0 Å². The van der Waals surface area contributed by atoms with Crippen LogP contribution >= 0.6 is 0 Å². The van der Waals surface area contributed by atoms with Gasteiger partial charge in [-0.05, 0) is 63.7 Å². The Labute approximate surface area is 199 Å². The molecule has 1 aromatic heterocycles. The molecule has 2 amide bonds. The van der Waals surface area contributed by atoms with Crippen LogP contribution in [0.15, 0.2) is 66.9 Å². The Morgan fingerprint density at radius 3 is 2.12 bits per heavy atom. The van der Waals surface area contributed by atoms with Crippen molar-refractivity contribution in [3.8, 4) is 11.5 Å². The normalized spacial score (nSPS) is 10.5. The second-order valence-corrected chi connectivity index (χ2v) is 7.96. The van der Waals surface area contributed by atoms with Crippen molar-refractivity contribution in [2.75, 3.05) is 14.1 Å². The molecule has 3 rings (SSSR count). The summed E-state index contributed by atoms with van der Waals surface area (Å²) >= 11 is 0. The lowest BCUT2D eigenvalue weighted by molar-refractivity contribution is 0.0960. The molecule has 4 N–H and O–H groups in total. The molecule has 3 aromatic rings. The number of rotatable bonds is 7. The number of nitrogens with two attached hydrogens (primary N) is 1. The van der Waals surface area contributed by atoms with Crippen molar-refractivity contribution in [1.82, 2.24) is 15.6 Å². The second-order valence-electron chi connectivity index (χ2n) is 7.96. The first kappa shape index (κ1) is 26.2. The van der Waals surface area contributed by atoms with Gasteiger partial charge < -0.3 is 21.1 Å². The lowest BCUT2D eigenvalue weighted by atomic mass is 9.94. The number of aromatic nitrogens is 1. The van der Waals surface area contributed by atoms with Crippen LogP contribution in [0.3, 0.4) is 0 Å². The molecule has 0 atom stereocenters. The molecule has 0 saturated heterocycles. The molecule has 0 aliphatic heterocycles. The van der Waals surface area contributed by atoms with Crippen molar-refractivity contribution < 1.29 is 19.1 Å². The van der Waals surface area contributed by atoms with E-state index in [1.807, 2.05) is 31.3 Å². The molecule has 0 fully saturated rings. The summed E-state index contributed by atoms with van der Waals surface area (Å²) in [5.74, 6) is 0.226. The van der Waals surface area contributed by atoms with Crippen LogP contribution in [0.25, 0.3) is 0 Å². The fourth-order valence-electron chi connectivity index (χ4n) is 2.85. The summed E-state index contributed by atoms with van der Waals surface area (Å²) < 4.78 is 5.56. The first-order valence-corrected chi connectivity index (χ1v) is 10.6. The van der Waals surface area contributed by atoms with E-state index in [9.17, 15) is 14.4 Å². The number of hydrogen-bond donors (Lipinski definition) is 3. The van der Waals surface area contributed by atoms with Gasteiger partial charge in [0.05, 0.1) is 0 Å². The number of nitrogens with zero attached hydrogens (tertiary/aromatic N) is 1. The van der Waals surface area contributed by atoms with Crippen molar-refractivity contribution >= 4 is 17.6 Å². The third kappa shape index (κ3) is 7.25. The van der Waals surface area contributed by atoms with Gasteiger partial charge in [0.25, 0.3) is 11.8 Å². The molecule has 0 spiro atoms. The zero-order valence-electron chi connectivity index (χ0n) is 20.0. The second kappa shape index (κ2) is 11.7. The number of carbonyl (C=O) groups is 3. The first-order chi connectivity index (χ1) is 16.1. The zero-order valence-corrected chi connectivity index (χ0v) is 20.0. The largest absolute Gasteiger partial charge is 0.457 e. The molecule has 178 valence electrons. The van der Waals surface area contributed by atoms with Gasteiger partial charge in [0.15, 0.2) is 5.78 Å². The van der Waals surface area contributed by atoms with E-state index >= 15 is 0 Å². The van der Waals surface area contributed by atoms with Crippen molar-refractivity contribution in [3.05, 3.63) is 89.2 Å². The van der Waals surface area contributed by atoms with Gasteiger partial charge in [0, 0.05) is 36.0 Å². The molecule has 8 nitrogen and oxygen atoms in total. The van der Waals surface area contributed by atoms with Gasteiger partial charge in [-0.2, -0.15) is 0 Å². The number of carbonyl (C=O) groups excluding carboxylic acids is 3. The lowest BCUT2D eigenvalue weighted by Gasteiger charge is -2.24. The molecule has 0 aliphatic rings. The highest BCUT2D eigenvalue weighted by Crippen LogP contribution is 2.22. The molecule has 34 heavy (non-hydrogen) atoms. The molecule has 1 heterocycles. The van der Waals surface area contributed by atoms with Crippen LogP contribution in [-0.4, -0.2) is 36.7 Å². The number of Topliss-reactive ketones (excluding diaryl/α,β-unsaturated/α-hetero) is 1. The summed E-state index contributed by atoms with van der Waals surface area (Å²) in [5, 5.41) is 5.82. The standard InChI is InChI=1S/C14H12N2O3.C12H18N2O/c1-9(17)10-3-2-4-11(7-10)19-12-5-6-16-13(8-12)14(15)18;1-12(2,14-4)10-7-5-9(6-8-10)11(15)13-3/h2-8H,1H3,(H2,15,18);5-8,14H,1-4H3,(H,13,15). The van der Waals surface area contributed by atoms with Gasteiger partial charge in [-0.3, -0.25) is 19.4 Å². The fraction of sp³-hybridized carbons (Fsp3) is 0.231. The van der Waals surface area contributed by atoms with Gasteiger partial charge in [0.1, 0.15) is 17.2 Å². The summed E-state index contributed by atoms with van der Waals surface area (Å²) in [6.07, 6.45) is 1.43. The number of benzene rings is 2. The van der Waals surface area contributed by atoms with Crippen LogP contribution in [0, 0.1) is 0 Å². The van der Waals surface area contributed by atoms with E-state index in [-0.39, 0.29) is 22.9 Å². The minimum Gasteiger partial charge on any atom is -0.457 e. The average molecular weight is 463 g/mol. The van der Waals surface area contributed by atoms with Gasteiger partial charge in [0.2, 0.25) is 0 Å². The zero-order chi connectivity index (χ0) is 25.3. The van der Waals surface area contributed by atoms with E-state index in [2.05, 4.69) is 29.5 Å². The molecule has 0 radical (unpaired) electrons. The van der Waals surface area contributed by atoms with Crippen molar-refractivity contribution in [2.24, 2.45) is 5.73 Å². The summed E-state index contributed by atoms with van der Waals surface area (Å²) in [6, 6.07) is 17.5. The Morgan fingerprint density at radius 2 is 1.56 bits per heavy atom. The van der Waals surface area contributed by atoms with E-state index in [1.165, 1.54) is 19.2 Å². The summed E-state index contributed by atoms with van der Waals surface area (Å²) in [6.45, 7) is 5.68. The van der Waals surface area contributed by atoms with Crippen LogP contribution in [-0.2, 0) is 5.54 Å². The fourth-order valence-corrected chi connectivity index (χ4v) is 2.85. The van der Waals surface area contributed by atoms with Crippen molar-refractivity contribution in [1.29, 1.82) is 0 Å². The minimum atomic E-state index is -0.622. The van der Waals surface area contributed by atoms with Crippen LogP contribution in [0.2, 0.25) is 0 Å². The van der Waals surface area contributed by atoms with Crippen molar-refractivity contribution in [2.45, 2.75) is 26.3 Å². The first-order valence-electron chi connectivity index (χ1n) is 10.6. The third-order valence-electron chi connectivity index (χ3n) is 5.18. The highest BCUT2D eigenvalue weighted by molar-refractivity contribution is 5.94. The maximum absolute atomic E-state index is 11.3. The molecular weight excluding hydrogens is 432 g/mol. The predicted molar refractivity (Wildman–Crippen MR) is 131 cm³/mol. The highest BCUT2D eigenvalue weighted by atomic mass is 16.5. The molecule has 0 saturated carbocycles. The van der Waals surface area contributed by atoms with Crippen molar-refractivity contribution in [3.63, 3.8) is 0 Å². The quantitative estimate of drug-likeness (QED) is 0.460. The maximum Gasteiger partial charge on any atom is 0.267 e. The number of hydrogen-bond acceptors (Lipinski definition) is 6.